The van der Waals surface area contributed by atoms with Crippen molar-refractivity contribution < 1.29 is 13.5 Å². The normalized spacial score (nSPS) is 31.6. The molecule has 1 nitrogen and oxygen atoms in total. The first kappa shape index (κ1) is 16.6. The zero-order valence-corrected chi connectivity index (χ0v) is 15.6. The summed E-state index contributed by atoms with van der Waals surface area (Å²) in [6.45, 7) is 0. The molecule has 2 aromatic rings. The van der Waals surface area contributed by atoms with E-state index in [0.717, 1.165) is 29.2 Å². The number of ether oxygens (including phenoxy) is 1. The highest BCUT2D eigenvalue weighted by Crippen LogP contribution is 2.73. The summed E-state index contributed by atoms with van der Waals surface area (Å²) in [4.78, 5) is 1.12. The molecule has 0 heterocycles. The minimum Gasteiger partial charge on any atom is -0.484 e. The van der Waals surface area contributed by atoms with E-state index in [2.05, 4.69) is 0 Å². The fraction of sp³-hybridized carbons (Fsp3) is 0.455. The molecule has 136 valence electrons. The van der Waals surface area contributed by atoms with E-state index in [1.165, 1.54) is 31.4 Å². The van der Waals surface area contributed by atoms with Gasteiger partial charge < -0.3 is 4.74 Å². The first-order chi connectivity index (χ1) is 12.6. The highest BCUT2D eigenvalue weighted by atomic mass is 32.2. The Labute approximate surface area is 157 Å². The lowest BCUT2D eigenvalue weighted by Gasteiger charge is -2.44. The van der Waals surface area contributed by atoms with E-state index in [0.29, 0.717) is 16.9 Å². The summed E-state index contributed by atoms with van der Waals surface area (Å²) < 4.78 is 35.1. The molecule has 3 fully saturated rings. The zero-order chi connectivity index (χ0) is 17.9. The summed E-state index contributed by atoms with van der Waals surface area (Å²) in [5.74, 6) is 0.0317. The Morgan fingerprint density at radius 3 is 2.27 bits per heavy atom. The third-order valence-corrected chi connectivity index (χ3v) is 7.60. The highest BCUT2D eigenvalue weighted by molar-refractivity contribution is 7.98. The van der Waals surface area contributed by atoms with Crippen molar-refractivity contribution in [3.63, 3.8) is 0 Å². The molecule has 0 radical (unpaired) electrons. The molecule has 0 amide bonds. The van der Waals surface area contributed by atoms with Crippen LogP contribution < -0.4 is 4.74 Å². The van der Waals surface area contributed by atoms with Crippen molar-refractivity contribution in [1.82, 2.24) is 0 Å². The van der Waals surface area contributed by atoms with Gasteiger partial charge >= 0.3 is 0 Å². The summed E-state index contributed by atoms with van der Waals surface area (Å²) in [6.07, 6.45) is 7.76. The molecule has 0 aromatic heterocycles. The summed E-state index contributed by atoms with van der Waals surface area (Å²) in [7, 11) is 0. The van der Waals surface area contributed by atoms with E-state index in [4.69, 9.17) is 4.74 Å². The maximum atomic E-state index is 14.6. The van der Waals surface area contributed by atoms with Crippen molar-refractivity contribution in [3.8, 4) is 16.9 Å². The van der Waals surface area contributed by atoms with Gasteiger partial charge in [-0.15, -0.1) is 11.8 Å². The predicted octanol–water partition coefficient (Wildman–Crippen LogP) is 6.31. The Balaban J connectivity index is 1.36. The summed E-state index contributed by atoms with van der Waals surface area (Å²) >= 11 is 1.64. The van der Waals surface area contributed by atoms with Crippen LogP contribution in [0.2, 0.25) is 0 Å². The fourth-order valence-electron chi connectivity index (χ4n) is 5.21. The van der Waals surface area contributed by atoms with Gasteiger partial charge in [-0.2, -0.15) is 0 Å². The van der Waals surface area contributed by atoms with Crippen LogP contribution in [0.3, 0.4) is 0 Å². The van der Waals surface area contributed by atoms with Gasteiger partial charge in [0.25, 0.3) is 0 Å². The smallest absolute Gasteiger partial charge is 0.191 e. The first-order valence-corrected chi connectivity index (χ1v) is 10.6. The van der Waals surface area contributed by atoms with E-state index in [1.54, 1.807) is 11.8 Å². The van der Waals surface area contributed by atoms with E-state index in [-0.39, 0.29) is 11.9 Å². The lowest BCUT2D eigenvalue weighted by molar-refractivity contribution is 0.0153. The predicted molar refractivity (Wildman–Crippen MR) is 100 cm³/mol. The van der Waals surface area contributed by atoms with Gasteiger partial charge in [-0.05, 0) is 91.0 Å². The second kappa shape index (κ2) is 5.98. The Bertz CT molecular complexity index is 827. The van der Waals surface area contributed by atoms with Gasteiger partial charge in [0, 0.05) is 4.90 Å². The van der Waals surface area contributed by atoms with Crippen molar-refractivity contribution >= 4 is 11.8 Å². The second-order valence-corrected chi connectivity index (χ2v) is 8.96. The molecule has 0 bridgehead atoms. The molecular formula is C22H22F2OS. The largest absolute Gasteiger partial charge is 0.484 e. The van der Waals surface area contributed by atoms with Crippen LogP contribution in [0, 0.1) is 28.9 Å². The second-order valence-electron chi connectivity index (χ2n) is 8.08. The van der Waals surface area contributed by atoms with E-state index in [9.17, 15) is 8.78 Å². The maximum absolute atomic E-state index is 14.6. The van der Waals surface area contributed by atoms with Crippen molar-refractivity contribution in [2.24, 2.45) is 17.3 Å². The third-order valence-electron chi connectivity index (χ3n) is 6.85. The van der Waals surface area contributed by atoms with Gasteiger partial charge in [0.2, 0.25) is 0 Å². The average molecular weight is 372 g/mol. The molecule has 4 heteroatoms. The third kappa shape index (κ3) is 2.57. The number of halogens is 2. The number of benzene rings is 2. The molecule has 3 saturated carbocycles. The summed E-state index contributed by atoms with van der Waals surface area (Å²) in [5, 5.41) is 0. The minimum absolute atomic E-state index is 0.0448. The Hall–Kier alpha value is -1.55. The Morgan fingerprint density at radius 1 is 1.00 bits per heavy atom. The van der Waals surface area contributed by atoms with Crippen molar-refractivity contribution in [1.29, 1.82) is 0 Å². The van der Waals surface area contributed by atoms with Crippen LogP contribution in [0.4, 0.5) is 8.78 Å². The van der Waals surface area contributed by atoms with Crippen molar-refractivity contribution in [3.05, 3.63) is 48.0 Å². The summed E-state index contributed by atoms with van der Waals surface area (Å²) in [5.41, 5.74) is 1.95. The highest BCUT2D eigenvalue weighted by Gasteiger charge is 2.66. The molecule has 3 aliphatic rings. The van der Waals surface area contributed by atoms with Gasteiger partial charge in [0.1, 0.15) is 0 Å². The molecular weight excluding hydrogens is 350 g/mol. The van der Waals surface area contributed by atoms with E-state index >= 15 is 0 Å². The number of hydrogen-bond acceptors (Lipinski definition) is 2. The van der Waals surface area contributed by atoms with Crippen LogP contribution in [-0.2, 0) is 0 Å². The van der Waals surface area contributed by atoms with Gasteiger partial charge in [0.15, 0.2) is 17.4 Å². The average Bonchev–Trinajstić information content (AvgIpc) is 3.38. The zero-order valence-electron chi connectivity index (χ0n) is 14.8. The van der Waals surface area contributed by atoms with Crippen LogP contribution in [0.15, 0.2) is 41.3 Å². The summed E-state index contributed by atoms with van der Waals surface area (Å²) in [6, 6.07) is 10.5. The van der Waals surface area contributed by atoms with Crippen LogP contribution in [-0.4, -0.2) is 12.4 Å². The van der Waals surface area contributed by atoms with Gasteiger partial charge in [0.05, 0.1) is 6.10 Å². The van der Waals surface area contributed by atoms with Gasteiger partial charge in [-0.25, -0.2) is 8.78 Å². The van der Waals surface area contributed by atoms with Crippen LogP contribution in [0.5, 0.6) is 5.75 Å². The van der Waals surface area contributed by atoms with Crippen LogP contribution in [0.1, 0.15) is 32.1 Å². The van der Waals surface area contributed by atoms with E-state index in [1.807, 2.05) is 30.5 Å². The number of hydrogen-bond donors (Lipinski definition) is 0. The Kier molecular flexibility index (Phi) is 3.82. The number of rotatable bonds is 4. The molecule has 3 aliphatic carbocycles. The molecule has 0 aliphatic heterocycles. The molecule has 4 atom stereocenters. The van der Waals surface area contributed by atoms with Gasteiger partial charge in [-0.3, -0.25) is 0 Å². The molecule has 26 heavy (non-hydrogen) atoms. The van der Waals surface area contributed by atoms with E-state index < -0.39 is 11.6 Å². The van der Waals surface area contributed by atoms with Crippen molar-refractivity contribution in [2.45, 2.75) is 43.1 Å². The molecule has 1 spiro atoms. The molecule has 0 N–H and O–H groups in total. The molecule has 4 unspecified atom stereocenters. The standard InChI is InChI=1S/C22H22F2OS/c1-26-18-4-2-13(3-5-18)14-8-19(23)21(20(24)9-14)25-17-10-15-6-7-22(15)12-16(22)11-17/h2-5,8-9,15-17H,6-7,10-12H2,1H3. The Morgan fingerprint density at radius 2 is 1.69 bits per heavy atom. The minimum atomic E-state index is -0.602. The molecule has 5 rings (SSSR count). The van der Waals surface area contributed by atoms with Crippen molar-refractivity contribution in [2.75, 3.05) is 6.26 Å². The molecule has 2 aromatic carbocycles. The van der Waals surface area contributed by atoms with Crippen LogP contribution >= 0.6 is 11.8 Å². The fourth-order valence-corrected chi connectivity index (χ4v) is 5.62. The lowest BCUT2D eigenvalue weighted by Crippen LogP contribution is -2.39. The topological polar surface area (TPSA) is 9.23 Å². The maximum Gasteiger partial charge on any atom is 0.191 e. The van der Waals surface area contributed by atoms with Gasteiger partial charge in [-0.1, -0.05) is 12.1 Å². The monoisotopic (exact) mass is 372 g/mol. The van der Waals surface area contributed by atoms with Crippen LogP contribution in [0.25, 0.3) is 11.1 Å². The SMILES string of the molecule is CSc1ccc(-c2cc(F)c(OC3CC4CCC45CC5C3)c(F)c2)cc1. The lowest BCUT2D eigenvalue weighted by atomic mass is 9.63. The quantitative estimate of drug-likeness (QED) is 0.582. The number of thioether (sulfide) groups is 1. The molecule has 0 saturated heterocycles. The first-order valence-electron chi connectivity index (χ1n) is 9.39.